The average Bonchev–Trinajstić information content (AvgIpc) is 2.84. The molecule has 7 heteroatoms. The lowest BCUT2D eigenvalue weighted by Crippen LogP contribution is -2.33. The van der Waals surface area contributed by atoms with Crippen LogP contribution in [-0.2, 0) is 13.6 Å². The predicted molar refractivity (Wildman–Crippen MR) is 70.9 cm³/mol. The van der Waals surface area contributed by atoms with Crippen molar-refractivity contribution in [3.8, 4) is 5.75 Å². The van der Waals surface area contributed by atoms with Gasteiger partial charge in [0.15, 0.2) is 5.75 Å². The lowest BCUT2D eigenvalue weighted by Gasteiger charge is -2.31. The first kappa shape index (κ1) is 12.5. The Morgan fingerprint density at radius 3 is 3.05 bits per heavy atom. The van der Waals surface area contributed by atoms with Gasteiger partial charge in [-0.2, -0.15) is 5.10 Å². The minimum absolute atomic E-state index is 0.185. The molecule has 3 rings (SSSR count). The zero-order valence-electron chi connectivity index (χ0n) is 11.0. The summed E-state index contributed by atoms with van der Waals surface area (Å²) in [5.41, 5.74) is 0.962. The summed E-state index contributed by atoms with van der Waals surface area (Å²) in [4.78, 5) is 17.5. The first-order valence-electron chi connectivity index (χ1n) is 6.23. The molecule has 0 bridgehead atoms. The summed E-state index contributed by atoms with van der Waals surface area (Å²) in [6.07, 6.45) is 1.50. The van der Waals surface area contributed by atoms with Crippen LogP contribution in [0.5, 0.6) is 5.75 Å². The van der Waals surface area contributed by atoms with Crippen LogP contribution in [0.3, 0.4) is 0 Å². The maximum Gasteiger partial charge on any atom is 0.339 e. The van der Waals surface area contributed by atoms with E-state index in [1.807, 2.05) is 13.1 Å². The second-order valence-corrected chi connectivity index (χ2v) is 4.53. The third kappa shape index (κ3) is 2.07. The smallest absolute Gasteiger partial charge is 0.339 e. The van der Waals surface area contributed by atoms with E-state index in [9.17, 15) is 9.90 Å². The summed E-state index contributed by atoms with van der Waals surface area (Å²) < 4.78 is 7.23. The van der Waals surface area contributed by atoms with Crippen molar-refractivity contribution in [1.29, 1.82) is 0 Å². The first-order chi connectivity index (χ1) is 9.66. The van der Waals surface area contributed by atoms with Crippen LogP contribution in [0, 0.1) is 0 Å². The molecule has 2 heterocycles. The van der Waals surface area contributed by atoms with Gasteiger partial charge in [0.05, 0.1) is 18.8 Å². The molecule has 0 unspecified atom stereocenters. The van der Waals surface area contributed by atoms with Crippen LogP contribution in [0.15, 0.2) is 24.5 Å². The third-order valence-corrected chi connectivity index (χ3v) is 3.31. The number of para-hydroxylation sites is 1. The number of carbonyl (C=O) groups is 1. The lowest BCUT2D eigenvalue weighted by atomic mass is 10.1. The van der Waals surface area contributed by atoms with Gasteiger partial charge in [0.1, 0.15) is 24.3 Å². The fourth-order valence-corrected chi connectivity index (χ4v) is 2.27. The molecule has 20 heavy (non-hydrogen) atoms. The van der Waals surface area contributed by atoms with E-state index < -0.39 is 5.97 Å². The van der Waals surface area contributed by atoms with E-state index in [1.165, 1.54) is 6.33 Å². The number of ether oxygens (including phenoxy) is 1. The van der Waals surface area contributed by atoms with E-state index >= 15 is 0 Å². The Hall–Kier alpha value is -2.57. The van der Waals surface area contributed by atoms with E-state index in [2.05, 4.69) is 15.0 Å². The summed E-state index contributed by atoms with van der Waals surface area (Å²) in [5, 5.41) is 13.2. The largest absolute Gasteiger partial charge is 0.489 e. The maximum atomic E-state index is 11.2. The van der Waals surface area contributed by atoms with Crippen molar-refractivity contribution in [2.45, 2.75) is 6.54 Å². The Labute approximate surface area is 115 Å². The minimum Gasteiger partial charge on any atom is -0.489 e. The number of anilines is 1. The first-order valence-corrected chi connectivity index (χ1v) is 6.23. The molecule has 0 amide bonds. The Kier molecular flexibility index (Phi) is 3.02. The number of aryl methyl sites for hydroxylation is 1. The number of fused-ring (bicyclic) bond motifs is 1. The van der Waals surface area contributed by atoms with Crippen LogP contribution >= 0.6 is 0 Å². The van der Waals surface area contributed by atoms with Gasteiger partial charge in [-0.1, -0.05) is 6.07 Å². The molecule has 0 saturated carbocycles. The van der Waals surface area contributed by atoms with Crippen molar-refractivity contribution in [3.63, 3.8) is 0 Å². The number of hydrogen-bond acceptors (Lipinski definition) is 5. The molecule has 0 spiro atoms. The van der Waals surface area contributed by atoms with Crippen LogP contribution in [-0.4, -0.2) is 39.0 Å². The van der Waals surface area contributed by atoms with Crippen LogP contribution in [0.25, 0.3) is 0 Å². The average molecular weight is 274 g/mol. The summed E-state index contributed by atoms with van der Waals surface area (Å²) >= 11 is 0. The molecule has 7 nitrogen and oxygen atoms in total. The molecule has 0 saturated heterocycles. The summed E-state index contributed by atoms with van der Waals surface area (Å²) in [6.45, 7) is 1.70. The fraction of sp³-hybridized carbons (Fsp3) is 0.308. The topological polar surface area (TPSA) is 80.5 Å². The molecular formula is C13H14N4O3. The van der Waals surface area contributed by atoms with Crippen molar-refractivity contribution < 1.29 is 14.6 Å². The number of hydrogen-bond donors (Lipinski definition) is 1. The molecule has 0 radical (unpaired) electrons. The van der Waals surface area contributed by atoms with Crippen LogP contribution in [0.1, 0.15) is 16.2 Å². The van der Waals surface area contributed by atoms with Crippen molar-refractivity contribution in [1.82, 2.24) is 14.8 Å². The van der Waals surface area contributed by atoms with E-state index in [0.717, 1.165) is 11.5 Å². The zero-order valence-corrected chi connectivity index (χ0v) is 11.0. The molecule has 1 aromatic heterocycles. The van der Waals surface area contributed by atoms with Crippen molar-refractivity contribution in [2.24, 2.45) is 7.05 Å². The van der Waals surface area contributed by atoms with Gasteiger partial charge >= 0.3 is 5.97 Å². The van der Waals surface area contributed by atoms with Crippen LogP contribution in [0.4, 0.5) is 5.69 Å². The quantitative estimate of drug-likeness (QED) is 0.896. The fourth-order valence-electron chi connectivity index (χ4n) is 2.27. The maximum absolute atomic E-state index is 11.2. The number of carboxylic acid groups (broad SMARTS) is 1. The van der Waals surface area contributed by atoms with Crippen molar-refractivity contribution in [2.75, 3.05) is 18.1 Å². The van der Waals surface area contributed by atoms with E-state index in [-0.39, 0.29) is 5.56 Å². The minimum atomic E-state index is -0.984. The monoisotopic (exact) mass is 274 g/mol. The highest BCUT2D eigenvalue weighted by molar-refractivity contribution is 5.93. The SMILES string of the molecule is Cn1ncnc1CN1CCOc2c(C(=O)O)cccc21. The van der Waals surface area contributed by atoms with E-state index in [4.69, 9.17) is 4.74 Å². The van der Waals surface area contributed by atoms with Crippen molar-refractivity contribution >= 4 is 11.7 Å². The van der Waals surface area contributed by atoms with Gasteiger partial charge in [0, 0.05) is 7.05 Å². The Morgan fingerprint density at radius 2 is 2.35 bits per heavy atom. The second kappa shape index (κ2) is 4.84. The molecule has 0 atom stereocenters. The second-order valence-electron chi connectivity index (χ2n) is 4.53. The predicted octanol–water partition coefficient (Wildman–Crippen LogP) is 0.912. The molecule has 0 aliphatic carbocycles. The van der Waals surface area contributed by atoms with Gasteiger partial charge in [-0.3, -0.25) is 4.68 Å². The number of aromatic carboxylic acids is 1. The molecule has 2 aromatic rings. The summed E-state index contributed by atoms with van der Waals surface area (Å²) in [7, 11) is 1.83. The molecule has 1 aromatic carbocycles. The van der Waals surface area contributed by atoms with Gasteiger partial charge in [0.2, 0.25) is 0 Å². The molecule has 104 valence electrons. The number of rotatable bonds is 3. The molecular weight excluding hydrogens is 260 g/mol. The van der Waals surface area contributed by atoms with Gasteiger partial charge in [-0.25, -0.2) is 9.78 Å². The summed E-state index contributed by atoms with van der Waals surface area (Å²) in [6, 6.07) is 5.13. The van der Waals surface area contributed by atoms with E-state index in [1.54, 1.807) is 16.8 Å². The van der Waals surface area contributed by atoms with Crippen molar-refractivity contribution in [3.05, 3.63) is 35.9 Å². The number of benzene rings is 1. The summed E-state index contributed by atoms with van der Waals surface area (Å²) in [5.74, 6) is 0.259. The van der Waals surface area contributed by atoms with Crippen LogP contribution < -0.4 is 9.64 Å². The number of nitrogens with zero attached hydrogens (tertiary/aromatic N) is 4. The Morgan fingerprint density at radius 1 is 1.50 bits per heavy atom. The molecule has 1 N–H and O–H groups in total. The molecule has 1 aliphatic rings. The van der Waals surface area contributed by atoms with Gasteiger partial charge in [-0.05, 0) is 12.1 Å². The standard InChI is InChI=1S/C13H14N4O3/c1-16-11(14-8-15-16)7-17-5-6-20-12-9(13(18)19)3-2-4-10(12)17/h2-4,8H,5-7H2,1H3,(H,18,19). The molecule has 1 aliphatic heterocycles. The lowest BCUT2D eigenvalue weighted by molar-refractivity contribution is 0.0692. The Balaban J connectivity index is 1.96. The number of aromatic nitrogens is 3. The molecule has 0 fully saturated rings. The van der Waals surface area contributed by atoms with Gasteiger partial charge in [0.25, 0.3) is 0 Å². The van der Waals surface area contributed by atoms with Gasteiger partial charge in [-0.15, -0.1) is 0 Å². The normalized spacial score (nSPS) is 13.8. The number of carboxylic acids is 1. The highest BCUT2D eigenvalue weighted by Crippen LogP contribution is 2.35. The van der Waals surface area contributed by atoms with Gasteiger partial charge < -0.3 is 14.7 Å². The zero-order chi connectivity index (χ0) is 14.1. The van der Waals surface area contributed by atoms with E-state index in [0.29, 0.717) is 25.4 Å². The highest BCUT2D eigenvalue weighted by atomic mass is 16.5. The highest BCUT2D eigenvalue weighted by Gasteiger charge is 2.24. The third-order valence-electron chi connectivity index (χ3n) is 3.31. The Bertz CT molecular complexity index is 653. The van der Waals surface area contributed by atoms with Crippen LogP contribution in [0.2, 0.25) is 0 Å².